The maximum absolute atomic E-state index is 12.4. The predicted molar refractivity (Wildman–Crippen MR) is 103 cm³/mol. The van der Waals surface area contributed by atoms with E-state index in [4.69, 9.17) is 4.74 Å². The predicted octanol–water partition coefficient (Wildman–Crippen LogP) is 2.11. The highest BCUT2D eigenvalue weighted by Crippen LogP contribution is 2.13. The third-order valence-electron chi connectivity index (χ3n) is 5.24. The number of rotatable bonds is 6. The van der Waals surface area contributed by atoms with Crippen LogP contribution in [0.15, 0.2) is 48.5 Å². The van der Waals surface area contributed by atoms with Crippen molar-refractivity contribution in [2.75, 3.05) is 20.2 Å². The molecule has 1 heterocycles. The quantitative estimate of drug-likeness (QED) is 0.835. The van der Waals surface area contributed by atoms with Crippen LogP contribution in [-0.2, 0) is 17.9 Å². The Kier molecular flexibility index (Phi) is 6.29. The molecule has 1 aliphatic heterocycles. The van der Waals surface area contributed by atoms with E-state index >= 15 is 0 Å². The van der Waals surface area contributed by atoms with Gasteiger partial charge in [-0.15, -0.1) is 0 Å². The summed E-state index contributed by atoms with van der Waals surface area (Å²) in [5, 5.41) is 3.10. The Balaban J connectivity index is 1.43. The number of benzene rings is 2. The Morgan fingerprint density at radius 2 is 1.85 bits per heavy atom. The van der Waals surface area contributed by atoms with Gasteiger partial charge in [0.1, 0.15) is 12.3 Å². The topological polar surface area (TPSA) is 42.8 Å². The molecule has 1 saturated heterocycles. The lowest BCUT2D eigenvalue weighted by atomic mass is 9.95. The minimum absolute atomic E-state index is 0.148. The molecule has 1 aliphatic rings. The van der Waals surface area contributed by atoms with Gasteiger partial charge in [0.15, 0.2) is 0 Å². The molecule has 2 N–H and O–H groups in total. The van der Waals surface area contributed by atoms with Crippen LogP contribution in [0.25, 0.3) is 0 Å². The molecule has 3 rings (SSSR count). The normalized spacial score (nSPS) is 19.8. The number of aryl methyl sites for hydroxylation is 1. The number of methoxy groups -OCH3 is 1. The zero-order valence-corrected chi connectivity index (χ0v) is 15.8. The molecule has 4 heteroatoms. The number of ether oxygens (including phenoxy) is 1. The molecule has 0 saturated carbocycles. The molecule has 1 amide bonds. The fourth-order valence-corrected chi connectivity index (χ4v) is 3.58. The molecule has 0 spiro atoms. The lowest BCUT2D eigenvalue weighted by Gasteiger charge is -2.28. The number of nitrogens with one attached hydrogen (secondary N) is 2. The molecule has 0 unspecified atom stereocenters. The Morgan fingerprint density at radius 1 is 1.12 bits per heavy atom. The second kappa shape index (κ2) is 8.86. The van der Waals surface area contributed by atoms with E-state index in [-0.39, 0.29) is 11.8 Å². The summed E-state index contributed by atoms with van der Waals surface area (Å²) >= 11 is 0. The van der Waals surface area contributed by atoms with Crippen molar-refractivity contribution in [1.82, 2.24) is 5.32 Å². The van der Waals surface area contributed by atoms with Crippen molar-refractivity contribution in [3.8, 4) is 5.75 Å². The summed E-state index contributed by atoms with van der Waals surface area (Å²) in [5.41, 5.74) is 3.69. The van der Waals surface area contributed by atoms with Crippen molar-refractivity contribution in [2.24, 2.45) is 5.92 Å². The largest absolute Gasteiger partial charge is 0.497 e. The van der Waals surface area contributed by atoms with Gasteiger partial charge in [-0.05, 0) is 24.6 Å². The van der Waals surface area contributed by atoms with Crippen molar-refractivity contribution in [1.29, 1.82) is 0 Å². The van der Waals surface area contributed by atoms with Gasteiger partial charge in [-0.1, -0.05) is 42.0 Å². The molecular formula is C22H29N2O2+. The summed E-state index contributed by atoms with van der Waals surface area (Å²) in [6.07, 6.45) is 1.91. The molecule has 0 bridgehead atoms. The van der Waals surface area contributed by atoms with Gasteiger partial charge in [-0.2, -0.15) is 0 Å². The lowest BCUT2D eigenvalue weighted by molar-refractivity contribution is -0.919. The van der Waals surface area contributed by atoms with Gasteiger partial charge in [0.2, 0.25) is 5.91 Å². The summed E-state index contributed by atoms with van der Waals surface area (Å²) in [6, 6.07) is 16.6. The van der Waals surface area contributed by atoms with Crippen LogP contribution in [0.5, 0.6) is 5.75 Å². The molecule has 4 nitrogen and oxygen atoms in total. The van der Waals surface area contributed by atoms with Gasteiger partial charge in [0, 0.05) is 30.9 Å². The van der Waals surface area contributed by atoms with Crippen LogP contribution in [0, 0.1) is 12.8 Å². The van der Waals surface area contributed by atoms with Crippen molar-refractivity contribution in [3.63, 3.8) is 0 Å². The maximum atomic E-state index is 12.4. The molecule has 26 heavy (non-hydrogen) atoms. The first-order chi connectivity index (χ1) is 12.6. The van der Waals surface area contributed by atoms with Crippen molar-refractivity contribution in [3.05, 3.63) is 65.2 Å². The average Bonchev–Trinajstić information content (AvgIpc) is 2.68. The van der Waals surface area contributed by atoms with Crippen molar-refractivity contribution >= 4 is 5.91 Å². The summed E-state index contributed by atoms with van der Waals surface area (Å²) in [6.45, 7) is 5.77. The van der Waals surface area contributed by atoms with Gasteiger partial charge in [-0.25, -0.2) is 0 Å². The zero-order chi connectivity index (χ0) is 18.4. The van der Waals surface area contributed by atoms with E-state index in [1.54, 1.807) is 12.0 Å². The van der Waals surface area contributed by atoms with Gasteiger partial charge < -0.3 is 15.0 Å². The van der Waals surface area contributed by atoms with Crippen LogP contribution in [0.3, 0.4) is 0 Å². The highest BCUT2D eigenvalue weighted by atomic mass is 16.5. The SMILES string of the molecule is COc1cccc(C[NH+]2CCC(C(=O)NCc3ccc(C)cc3)CC2)c1. The van der Waals surface area contributed by atoms with Gasteiger partial charge in [-0.3, -0.25) is 4.79 Å². The zero-order valence-electron chi connectivity index (χ0n) is 15.8. The number of amides is 1. The Labute approximate surface area is 156 Å². The monoisotopic (exact) mass is 353 g/mol. The van der Waals surface area contributed by atoms with Crippen LogP contribution in [0.2, 0.25) is 0 Å². The highest BCUT2D eigenvalue weighted by Gasteiger charge is 2.27. The van der Waals surface area contributed by atoms with E-state index in [2.05, 4.69) is 48.6 Å². The Hall–Kier alpha value is -2.33. The average molecular weight is 353 g/mol. The molecule has 1 fully saturated rings. The standard InChI is InChI=1S/C22H28N2O2/c1-17-6-8-18(9-7-17)15-23-22(25)20-10-12-24(13-11-20)16-19-4-3-5-21(14-19)26-2/h3-9,14,20H,10-13,15-16H2,1-2H3,(H,23,25)/p+1. The molecule has 0 aromatic heterocycles. The molecule has 2 aromatic rings. The summed E-state index contributed by atoms with van der Waals surface area (Å²) in [4.78, 5) is 14.0. The lowest BCUT2D eigenvalue weighted by Crippen LogP contribution is -3.11. The van der Waals surface area contributed by atoms with Crippen molar-refractivity contribution in [2.45, 2.75) is 32.9 Å². The number of quaternary nitrogens is 1. The first-order valence-corrected chi connectivity index (χ1v) is 9.44. The minimum Gasteiger partial charge on any atom is -0.497 e. The molecular weight excluding hydrogens is 324 g/mol. The summed E-state index contributed by atoms with van der Waals surface area (Å²) < 4.78 is 5.30. The Morgan fingerprint density at radius 3 is 2.54 bits per heavy atom. The van der Waals surface area contributed by atoms with E-state index in [9.17, 15) is 4.79 Å². The van der Waals surface area contributed by atoms with E-state index in [1.807, 2.05) is 12.1 Å². The number of hydrogen-bond acceptors (Lipinski definition) is 2. The van der Waals surface area contributed by atoms with E-state index in [0.717, 1.165) is 43.8 Å². The van der Waals surface area contributed by atoms with Gasteiger partial charge >= 0.3 is 0 Å². The van der Waals surface area contributed by atoms with E-state index in [1.165, 1.54) is 11.1 Å². The number of hydrogen-bond donors (Lipinski definition) is 2. The van der Waals surface area contributed by atoms with E-state index in [0.29, 0.717) is 6.54 Å². The molecule has 2 aromatic carbocycles. The second-order valence-electron chi connectivity index (χ2n) is 7.26. The third-order valence-corrected chi connectivity index (χ3v) is 5.24. The number of piperidine rings is 1. The third kappa shape index (κ3) is 5.09. The first kappa shape index (κ1) is 18.5. The fourth-order valence-electron chi connectivity index (χ4n) is 3.58. The minimum atomic E-state index is 0.148. The number of likely N-dealkylation sites (tertiary alicyclic amines) is 1. The first-order valence-electron chi connectivity index (χ1n) is 9.44. The fraction of sp³-hybridized carbons (Fsp3) is 0.409. The van der Waals surface area contributed by atoms with Crippen molar-refractivity contribution < 1.29 is 14.4 Å². The van der Waals surface area contributed by atoms with Crippen LogP contribution in [-0.4, -0.2) is 26.1 Å². The molecule has 0 atom stereocenters. The molecule has 138 valence electrons. The summed E-state index contributed by atoms with van der Waals surface area (Å²) in [7, 11) is 1.70. The van der Waals surface area contributed by atoms with Crippen LogP contribution in [0.1, 0.15) is 29.5 Å². The van der Waals surface area contributed by atoms with Crippen LogP contribution >= 0.6 is 0 Å². The smallest absolute Gasteiger partial charge is 0.223 e. The number of carbonyl (C=O) groups is 1. The van der Waals surface area contributed by atoms with Gasteiger partial charge in [0.25, 0.3) is 0 Å². The van der Waals surface area contributed by atoms with Crippen LogP contribution in [0.4, 0.5) is 0 Å². The highest BCUT2D eigenvalue weighted by molar-refractivity contribution is 5.78. The number of carbonyl (C=O) groups excluding carboxylic acids is 1. The maximum Gasteiger partial charge on any atom is 0.223 e. The second-order valence-corrected chi connectivity index (χ2v) is 7.26. The Bertz CT molecular complexity index is 719. The molecule has 0 aliphatic carbocycles. The summed E-state index contributed by atoms with van der Waals surface area (Å²) in [5.74, 6) is 1.26. The van der Waals surface area contributed by atoms with Gasteiger partial charge in [0.05, 0.1) is 20.2 Å². The van der Waals surface area contributed by atoms with E-state index < -0.39 is 0 Å². The molecule has 0 radical (unpaired) electrons. The van der Waals surface area contributed by atoms with Crippen LogP contribution < -0.4 is 15.0 Å².